The van der Waals surface area contributed by atoms with Crippen LogP contribution in [0.3, 0.4) is 0 Å². The molecule has 2 heteroatoms. The van der Waals surface area contributed by atoms with Crippen molar-refractivity contribution in [2.24, 2.45) is 11.8 Å². The number of nitrogens with two attached hydrogens (primary N) is 1. The van der Waals surface area contributed by atoms with Gasteiger partial charge < -0.3 is 0 Å². The van der Waals surface area contributed by atoms with Crippen molar-refractivity contribution in [2.75, 3.05) is 0 Å². The van der Waals surface area contributed by atoms with Gasteiger partial charge in [0.2, 0.25) is 0 Å². The summed E-state index contributed by atoms with van der Waals surface area (Å²) in [6, 6.07) is 11.3. The van der Waals surface area contributed by atoms with Crippen molar-refractivity contribution in [1.82, 2.24) is 5.43 Å². The van der Waals surface area contributed by atoms with Crippen molar-refractivity contribution in [3.63, 3.8) is 0 Å². The van der Waals surface area contributed by atoms with Gasteiger partial charge in [-0.05, 0) is 43.6 Å². The number of aryl methyl sites for hydroxylation is 1. The van der Waals surface area contributed by atoms with E-state index in [0.29, 0.717) is 6.04 Å². The molecule has 0 amide bonds. The van der Waals surface area contributed by atoms with E-state index in [1.165, 1.54) is 69.8 Å². The molecule has 2 rings (SSSR count). The molecular formula is C18H30N2. The molecule has 1 aliphatic carbocycles. The van der Waals surface area contributed by atoms with Crippen LogP contribution in [0.1, 0.15) is 63.4 Å². The third-order valence-electron chi connectivity index (χ3n) is 4.76. The quantitative estimate of drug-likeness (QED) is 0.602. The van der Waals surface area contributed by atoms with Crippen molar-refractivity contribution in [1.29, 1.82) is 0 Å². The molecule has 0 radical (unpaired) electrons. The first-order chi connectivity index (χ1) is 9.90. The topological polar surface area (TPSA) is 38.0 Å². The van der Waals surface area contributed by atoms with E-state index in [-0.39, 0.29) is 0 Å². The summed E-state index contributed by atoms with van der Waals surface area (Å²) in [7, 11) is 0. The lowest BCUT2D eigenvalue weighted by Crippen LogP contribution is -2.41. The predicted octanol–water partition coefficient (Wildman–Crippen LogP) is 4.20. The Bertz CT molecular complexity index is 342. The maximum Gasteiger partial charge on any atom is 0.0238 e. The zero-order chi connectivity index (χ0) is 14.0. The summed E-state index contributed by atoms with van der Waals surface area (Å²) in [4.78, 5) is 0. The summed E-state index contributed by atoms with van der Waals surface area (Å²) >= 11 is 0. The minimum absolute atomic E-state index is 0.511. The summed E-state index contributed by atoms with van der Waals surface area (Å²) in [6.45, 7) is 0. The van der Waals surface area contributed by atoms with E-state index in [0.717, 1.165) is 5.92 Å². The van der Waals surface area contributed by atoms with E-state index < -0.39 is 0 Å². The van der Waals surface area contributed by atoms with Crippen LogP contribution in [-0.2, 0) is 6.42 Å². The van der Waals surface area contributed by atoms with Crippen LogP contribution in [0.4, 0.5) is 0 Å². The number of rotatable bonds is 6. The van der Waals surface area contributed by atoms with Gasteiger partial charge in [0.25, 0.3) is 0 Å². The molecule has 1 unspecified atom stereocenters. The Kier molecular flexibility index (Phi) is 7.10. The van der Waals surface area contributed by atoms with Gasteiger partial charge in [-0.3, -0.25) is 11.3 Å². The molecule has 0 saturated heterocycles. The molecule has 1 aliphatic rings. The number of benzene rings is 1. The predicted molar refractivity (Wildman–Crippen MR) is 86.3 cm³/mol. The molecule has 0 aliphatic heterocycles. The van der Waals surface area contributed by atoms with Gasteiger partial charge in [-0.15, -0.1) is 0 Å². The lowest BCUT2D eigenvalue weighted by Gasteiger charge is -2.28. The SMILES string of the molecule is NNC(CCCc1ccccc1)C1CCCCCCC1. The van der Waals surface area contributed by atoms with E-state index in [9.17, 15) is 0 Å². The fraction of sp³-hybridized carbons (Fsp3) is 0.667. The van der Waals surface area contributed by atoms with Crippen LogP contribution in [0.25, 0.3) is 0 Å². The molecule has 0 aromatic heterocycles. The second-order valence-electron chi connectivity index (χ2n) is 6.26. The van der Waals surface area contributed by atoms with Crippen molar-refractivity contribution in [2.45, 2.75) is 70.3 Å². The van der Waals surface area contributed by atoms with Gasteiger partial charge in [-0.1, -0.05) is 62.4 Å². The molecule has 1 aromatic rings. The maximum atomic E-state index is 5.82. The lowest BCUT2D eigenvalue weighted by molar-refractivity contribution is 0.272. The van der Waals surface area contributed by atoms with Crippen LogP contribution in [-0.4, -0.2) is 6.04 Å². The standard InChI is InChI=1S/C18H30N2/c19-20-18(17-13-7-2-1-3-8-14-17)15-9-12-16-10-5-4-6-11-16/h4-6,10-11,17-18,20H,1-3,7-9,12-15,19H2. The highest BCUT2D eigenvalue weighted by molar-refractivity contribution is 5.14. The fourth-order valence-corrected chi connectivity index (χ4v) is 3.52. The minimum atomic E-state index is 0.511. The molecule has 2 nitrogen and oxygen atoms in total. The van der Waals surface area contributed by atoms with Gasteiger partial charge in [0, 0.05) is 6.04 Å². The molecular weight excluding hydrogens is 244 g/mol. The lowest BCUT2D eigenvalue weighted by atomic mass is 9.84. The number of hydrazine groups is 1. The molecule has 0 bridgehead atoms. The van der Waals surface area contributed by atoms with E-state index >= 15 is 0 Å². The third-order valence-corrected chi connectivity index (χ3v) is 4.76. The van der Waals surface area contributed by atoms with Gasteiger partial charge in [0.15, 0.2) is 0 Å². The molecule has 1 fully saturated rings. The average molecular weight is 274 g/mol. The zero-order valence-electron chi connectivity index (χ0n) is 12.7. The highest BCUT2D eigenvalue weighted by atomic mass is 15.2. The van der Waals surface area contributed by atoms with Crippen LogP contribution < -0.4 is 11.3 Å². The molecule has 112 valence electrons. The van der Waals surface area contributed by atoms with E-state index in [4.69, 9.17) is 5.84 Å². The second kappa shape index (κ2) is 9.15. The zero-order valence-corrected chi connectivity index (χ0v) is 12.7. The summed E-state index contributed by atoms with van der Waals surface area (Å²) in [6.07, 6.45) is 13.4. The Morgan fingerprint density at radius 3 is 2.30 bits per heavy atom. The summed E-state index contributed by atoms with van der Waals surface area (Å²) < 4.78 is 0. The van der Waals surface area contributed by atoms with Crippen molar-refractivity contribution in [3.05, 3.63) is 35.9 Å². The van der Waals surface area contributed by atoms with Crippen LogP contribution >= 0.6 is 0 Å². The average Bonchev–Trinajstić information content (AvgIpc) is 2.45. The molecule has 1 saturated carbocycles. The van der Waals surface area contributed by atoms with Crippen LogP contribution in [0.15, 0.2) is 30.3 Å². The highest BCUT2D eigenvalue weighted by Gasteiger charge is 2.20. The number of hydrogen-bond acceptors (Lipinski definition) is 2. The Hall–Kier alpha value is -0.860. The minimum Gasteiger partial charge on any atom is -0.271 e. The Morgan fingerprint density at radius 2 is 1.65 bits per heavy atom. The van der Waals surface area contributed by atoms with E-state index in [1.54, 1.807) is 0 Å². The van der Waals surface area contributed by atoms with Crippen molar-refractivity contribution >= 4 is 0 Å². The summed E-state index contributed by atoms with van der Waals surface area (Å²) in [5.74, 6) is 6.61. The van der Waals surface area contributed by atoms with E-state index in [1.807, 2.05) is 0 Å². The molecule has 0 heterocycles. The summed E-state index contributed by atoms with van der Waals surface area (Å²) in [5.41, 5.74) is 4.55. The Balaban J connectivity index is 1.75. The van der Waals surface area contributed by atoms with Crippen molar-refractivity contribution in [3.8, 4) is 0 Å². The first-order valence-electron chi connectivity index (χ1n) is 8.40. The van der Waals surface area contributed by atoms with Crippen molar-refractivity contribution < 1.29 is 0 Å². The van der Waals surface area contributed by atoms with Crippen LogP contribution in [0.2, 0.25) is 0 Å². The third kappa shape index (κ3) is 5.26. The highest BCUT2D eigenvalue weighted by Crippen LogP contribution is 2.26. The van der Waals surface area contributed by atoms with Crippen LogP contribution in [0, 0.1) is 5.92 Å². The monoisotopic (exact) mass is 274 g/mol. The summed E-state index contributed by atoms with van der Waals surface area (Å²) in [5, 5.41) is 0. The van der Waals surface area contributed by atoms with Gasteiger partial charge in [0.1, 0.15) is 0 Å². The van der Waals surface area contributed by atoms with E-state index in [2.05, 4.69) is 35.8 Å². The number of nitrogens with one attached hydrogen (secondary N) is 1. The number of hydrogen-bond donors (Lipinski definition) is 2. The van der Waals surface area contributed by atoms with Gasteiger partial charge in [-0.2, -0.15) is 0 Å². The Labute approximate surface area is 124 Å². The Morgan fingerprint density at radius 1 is 1.00 bits per heavy atom. The first kappa shape index (κ1) is 15.5. The van der Waals surface area contributed by atoms with Gasteiger partial charge in [-0.25, -0.2) is 0 Å². The van der Waals surface area contributed by atoms with Gasteiger partial charge >= 0.3 is 0 Å². The molecule has 20 heavy (non-hydrogen) atoms. The van der Waals surface area contributed by atoms with Gasteiger partial charge in [0.05, 0.1) is 0 Å². The maximum absolute atomic E-state index is 5.82. The normalized spacial score (nSPS) is 19.2. The first-order valence-corrected chi connectivity index (χ1v) is 8.40. The van der Waals surface area contributed by atoms with Crippen LogP contribution in [0.5, 0.6) is 0 Å². The molecule has 0 spiro atoms. The molecule has 3 N–H and O–H groups in total. The second-order valence-corrected chi connectivity index (χ2v) is 6.26. The smallest absolute Gasteiger partial charge is 0.0238 e. The fourth-order valence-electron chi connectivity index (χ4n) is 3.52. The largest absolute Gasteiger partial charge is 0.271 e. The molecule has 1 aromatic carbocycles. The molecule has 1 atom stereocenters.